The van der Waals surface area contributed by atoms with Gasteiger partial charge in [0.2, 0.25) is 0 Å². The van der Waals surface area contributed by atoms with Crippen LogP contribution in [0.15, 0.2) is 0 Å². The minimum atomic E-state index is 0.927. The van der Waals surface area contributed by atoms with Crippen LogP contribution >= 0.6 is 12.6 Å². The van der Waals surface area contributed by atoms with Crippen LogP contribution in [0.5, 0.6) is 0 Å². The van der Waals surface area contributed by atoms with Crippen LogP contribution < -0.4 is 0 Å². The Morgan fingerprint density at radius 3 is 2.53 bits per heavy atom. The first kappa shape index (κ1) is 12.6. The summed E-state index contributed by atoms with van der Waals surface area (Å²) in [5.74, 6) is 3.08. The molecule has 0 aliphatic rings. The van der Waals surface area contributed by atoms with E-state index in [2.05, 4.69) is 41.2 Å². The molecule has 0 aromatic carbocycles. The minimum Gasteiger partial charge on any atom is -0.250 e. The Bertz CT molecular complexity index is 283. The van der Waals surface area contributed by atoms with Crippen LogP contribution in [0, 0.1) is 0 Å². The Morgan fingerprint density at radius 1 is 1.13 bits per heavy atom. The van der Waals surface area contributed by atoms with Crippen molar-refractivity contribution in [2.24, 2.45) is 0 Å². The van der Waals surface area contributed by atoms with E-state index in [9.17, 15) is 0 Å². The summed E-state index contributed by atoms with van der Waals surface area (Å²) in [5, 5.41) is 4.48. The van der Waals surface area contributed by atoms with E-state index in [1.165, 1.54) is 19.3 Å². The second-order valence-corrected chi connectivity index (χ2v) is 4.11. The Morgan fingerprint density at radius 2 is 1.93 bits per heavy atom. The fraction of sp³-hybridized carbons (Fsp3) is 0.818. The van der Waals surface area contributed by atoms with Crippen LogP contribution in [-0.4, -0.2) is 20.5 Å². The van der Waals surface area contributed by atoms with E-state index >= 15 is 0 Å². The third-order valence-corrected chi connectivity index (χ3v) is 2.77. The molecule has 0 aliphatic heterocycles. The molecule has 1 heterocycles. The molecule has 0 aliphatic carbocycles. The molecule has 86 valence electrons. The monoisotopic (exact) mass is 227 g/mol. The zero-order valence-corrected chi connectivity index (χ0v) is 10.6. The van der Waals surface area contributed by atoms with Crippen molar-refractivity contribution in [3.05, 3.63) is 11.6 Å². The van der Waals surface area contributed by atoms with Crippen molar-refractivity contribution in [1.82, 2.24) is 14.8 Å². The number of rotatable bonds is 7. The van der Waals surface area contributed by atoms with Crippen LogP contribution in [0.1, 0.15) is 44.8 Å². The van der Waals surface area contributed by atoms with Gasteiger partial charge in [-0.2, -0.15) is 17.7 Å². The van der Waals surface area contributed by atoms with E-state index in [0.29, 0.717) is 0 Å². The molecule has 1 aromatic heterocycles. The fourth-order valence-corrected chi connectivity index (χ4v) is 1.79. The Kier molecular flexibility index (Phi) is 5.76. The highest BCUT2D eigenvalue weighted by molar-refractivity contribution is 7.80. The van der Waals surface area contributed by atoms with E-state index < -0.39 is 0 Å². The first-order valence-corrected chi connectivity index (χ1v) is 6.48. The van der Waals surface area contributed by atoms with Gasteiger partial charge in [-0.25, -0.2) is 9.67 Å². The highest BCUT2D eigenvalue weighted by atomic mass is 32.1. The maximum absolute atomic E-state index is 4.48. The van der Waals surface area contributed by atoms with Gasteiger partial charge in [0, 0.05) is 19.4 Å². The lowest BCUT2D eigenvalue weighted by Crippen LogP contribution is -2.05. The van der Waals surface area contributed by atoms with Gasteiger partial charge in [0.25, 0.3) is 0 Å². The van der Waals surface area contributed by atoms with Gasteiger partial charge in [-0.15, -0.1) is 0 Å². The fourth-order valence-electron chi connectivity index (χ4n) is 1.57. The lowest BCUT2D eigenvalue weighted by molar-refractivity contribution is 0.530. The molecular formula is C11H21N3S. The lowest BCUT2D eigenvalue weighted by atomic mass is 10.2. The van der Waals surface area contributed by atoms with Gasteiger partial charge in [-0.1, -0.05) is 20.3 Å². The second-order valence-electron chi connectivity index (χ2n) is 3.66. The zero-order valence-electron chi connectivity index (χ0n) is 9.74. The smallest absolute Gasteiger partial charge is 0.150 e. The van der Waals surface area contributed by atoms with Gasteiger partial charge in [-0.05, 0) is 18.6 Å². The maximum atomic E-state index is 4.48. The van der Waals surface area contributed by atoms with E-state index in [1.54, 1.807) is 0 Å². The normalized spacial score (nSPS) is 10.9. The van der Waals surface area contributed by atoms with Crippen LogP contribution in [0.3, 0.4) is 0 Å². The maximum Gasteiger partial charge on any atom is 0.150 e. The molecule has 0 unspecified atom stereocenters. The third kappa shape index (κ3) is 3.86. The summed E-state index contributed by atoms with van der Waals surface area (Å²) >= 11 is 4.20. The summed E-state index contributed by atoms with van der Waals surface area (Å²) < 4.78 is 2.07. The number of aryl methyl sites for hydroxylation is 3. The Hall–Kier alpha value is -0.510. The first-order valence-electron chi connectivity index (χ1n) is 5.85. The summed E-state index contributed by atoms with van der Waals surface area (Å²) in [4.78, 5) is 4.48. The van der Waals surface area contributed by atoms with Crippen molar-refractivity contribution in [1.29, 1.82) is 0 Å². The van der Waals surface area contributed by atoms with E-state index in [0.717, 1.165) is 36.8 Å². The number of thiol groups is 1. The molecule has 0 bridgehead atoms. The molecule has 0 saturated carbocycles. The summed E-state index contributed by atoms with van der Waals surface area (Å²) in [7, 11) is 0. The van der Waals surface area contributed by atoms with Gasteiger partial charge in [0.05, 0.1) is 0 Å². The number of hydrogen-bond donors (Lipinski definition) is 1. The second kappa shape index (κ2) is 6.88. The summed E-state index contributed by atoms with van der Waals surface area (Å²) in [5.41, 5.74) is 0. The largest absolute Gasteiger partial charge is 0.250 e. The molecule has 0 radical (unpaired) electrons. The van der Waals surface area contributed by atoms with E-state index in [1.807, 2.05) is 0 Å². The third-order valence-electron chi connectivity index (χ3n) is 2.45. The summed E-state index contributed by atoms with van der Waals surface area (Å²) in [6.45, 7) is 5.23. The first-order chi connectivity index (χ1) is 7.31. The summed E-state index contributed by atoms with van der Waals surface area (Å²) in [6.07, 6.45) is 5.50. The van der Waals surface area contributed by atoms with Crippen LogP contribution in [-0.2, 0) is 19.4 Å². The lowest BCUT2D eigenvalue weighted by Gasteiger charge is -2.03. The van der Waals surface area contributed by atoms with Crippen LogP contribution in [0.4, 0.5) is 0 Å². The molecule has 0 amide bonds. The molecule has 0 atom stereocenters. The number of hydrogen-bond acceptors (Lipinski definition) is 3. The number of aromatic nitrogens is 3. The molecule has 4 heteroatoms. The molecule has 3 nitrogen and oxygen atoms in total. The minimum absolute atomic E-state index is 0.927. The standard InChI is InChI=1S/C11H21N3S/c1-3-10-12-11(4-2)14(13-10)8-6-5-7-9-15/h15H,3-9H2,1-2H3. The van der Waals surface area contributed by atoms with Gasteiger partial charge >= 0.3 is 0 Å². The van der Waals surface area contributed by atoms with Gasteiger partial charge in [-0.3, -0.25) is 0 Å². The highest BCUT2D eigenvalue weighted by Crippen LogP contribution is 2.05. The quantitative estimate of drug-likeness (QED) is 0.573. The average Bonchev–Trinajstić information content (AvgIpc) is 2.67. The molecule has 0 spiro atoms. The van der Waals surface area contributed by atoms with Crippen molar-refractivity contribution in [2.45, 2.75) is 52.5 Å². The number of unbranched alkanes of at least 4 members (excludes halogenated alkanes) is 2. The summed E-state index contributed by atoms with van der Waals surface area (Å²) in [6, 6.07) is 0. The molecule has 0 fully saturated rings. The van der Waals surface area contributed by atoms with Crippen molar-refractivity contribution >= 4 is 12.6 Å². The van der Waals surface area contributed by atoms with Crippen molar-refractivity contribution in [3.63, 3.8) is 0 Å². The van der Waals surface area contributed by atoms with Crippen molar-refractivity contribution in [3.8, 4) is 0 Å². The predicted molar refractivity (Wildman–Crippen MR) is 66.5 cm³/mol. The number of nitrogens with zero attached hydrogens (tertiary/aromatic N) is 3. The highest BCUT2D eigenvalue weighted by Gasteiger charge is 2.05. The Balaban J connectivity index is 2.47. The average molecular weight is 227 g/mol. The SMILES string of the molecule is CCc1nc(CC)n(CCCCCS)n1. The zero-order chi connectivity index (χ0) is 11.1. The van der Waals surface area contributed by atoms with E-state index in [4.69, 9.17) is 0 Å². The predicted octanol–water partition coefficient (Wildman–Crippen LogP) is 2.50. The van der Waals surface area contributed by atoms with Gasteiger partial charge in [0.1, 0.15) is 5.82 Å². The van der Waals surface area contributed by atoms with Gasteiger partial charge < -0.3 is 0 Å². The van der Waals surface area contributed by atoms with Crippen molar-refractivity contribution in [2.75, 3.05) is 5.75 Å². The molecular weight excluding hydrogens is 206 g/mol. The molecule has 0 saturated heterocycles. The molecule has 0 N–H and O–H groups in total. The van der Waals surface area contributed by atoms with E-state index in [-0.39, 0.29) is 0 Å². The topological polar surface area (TPSA) is 30.7 Å². The Labute approximate surface area is 97.7 Å². The molecule has 1 rings (SSSR count). The molecule has 1 aromatic rings. The molecule has 15 heavy (non-hydrogen) atoms. The van der Waals surface area contributed by atoms with Gasteiger partial charge in [0.15, 0.2) is 5.82 Å². The van der Waals surface area contributed by atoms with Crippen molar-refractivity contribution < 1.29 is 0 Å². The van der Waals surface area contributed by atoms with Crippen LogP contribution in [0.2, 0.25) is 0 Å². The van der Waals surface area contributed by atoms with Crippen LogP contribution in [0.25, 0.3) is 0 Å².